The fourth-order valence-corrected chi connectivity index (χ4v) is 3.00. The monoisotopic (exact) mass is 299 g/mol. The SMILES string of the molecule is O=c1c2ccc(N3CCC(O)C3)cc2oc2c(F)cccc12. The molecule has 1 aliphatic rings. The van der Waals surface area contributed by atoms with Gasteiger partial charge in [-0.1, -0.05) is 6.07 Å². The van der Waals surface area contributed by atoms with Crippen LogP contribution in [0.25, 0.3) is 21.9 Å². The van der Waals surface area contributed by atoms with Gasteiger partial charge in [0.05, 0.1) is 16.9 Å². The Morgan fingerprint density at radius 2 is 2.09 bits per heavy atom. The summed E-state index contributed by atoms with van der Waals surface area (Å²) in [5.41, 5.74) is 0.978. The Morgan fingerprint density at radius 3 is 2.86 bits per heavy atom. The van der Waals surface area contributed by atoms with E-state index in [1.807, 2.05) is 11.0 Å². The Kier molecular flexibility index (Phi) is 2.90. The van der Waals surface area contributed by atoms with Gasteiger partial charge in [-0.2, -0.15) is 0 Å². The molecule has 2 heterocycles. The molecular weight excluding hydrogens is 285 g/mol. The fourth-order valence-electron chi connectivity index (χ4n) is 3.00. The Labute approximate surface area is 125 Å². The smallest absolute Gasteiger partial charge is 0.200 e. The van der Waals surface area contributed by atoms with E-state index in [0.717, 1.165) is 12.2 Å². The van der Waals surface area contributed by atoms with Crippen LogP contribution in [-0.4, -0.2) is 24.3 Å². The Morgan fingerprint density at radius 1 is 1.23 bits per heavy atom. The normalized spacial score (nSPS) is 18.5. The van der Waals surface area contributed by atoms with Crippen LogP contribution in [0.5, 0.6) is 0 Å². The molecule has 0 saturated carbocycles. The van der Waals surface area contributed by atoms with E-state index < -0.39 is 5.82 Å². The van der Waals surface area contributed by atoms with E-state index in [1.54, 1.807) is 18.2 Å². The molecule has 4 nitrogen and oxygen atoms in total. The molecule has 5 heteroatoms. The van der Waals surface area contributed by atoms with Crippen molar-refractivity contribution in [3.63, 3.8) is 0 Å². The predicted molar refractivity (Wildman–Crippen MR) is 82.8 cm³/mol. The minimum atomic E-state index is -0.543. The largest absolute Gasteiger partial charge is 0.453 e. The van der Waals surface area contributed by atoms with E-state index in [1.165, 1.54) is 12.1 Å². The summed E-state index contributed by atoms with van der Waals surface area (Å²) in [5.74, 6) is -0.543. The molecule has 1 aliphatic heterocycles. The highest BCUT2D eigenvalue weighted by Gasteiger charge is 2.21. The summed E-state index contributed by atoms with van der Waals surface area (Å²) >= 11 is 0. The van der Waals surface area contributed by atoms with Gasteiger partial charge in [-0.25, -0.2) is 4.39 Å². The first-order chi connectivity index (χ1) is 10.6. The summed E-state index contributed by atoms with van der Waals surface area (Å²) in [6.07, 6.45) is 0.380. The number of halogens is 1. The van der Waals surface area contributed by atoms with Gasteiger partial charge in [-0.15, -0.1) is 0 Å². The number of aliphatic hydroxyl groups is 1. The zero-order chi connectivity index (χ0) is 15.3. The Bertz CT molecular complexity index is 934. The average molecular weight is 299 g/mol. The highest BCUT2D eigenvalue weighted by molar-refractivity contribution is 5.91. The van der Waals surface area contributed by atoms with Crippen LogP contribution in [-0.2, 0) is 0 Å². The third-order valence-corrected chi connectivity index (χ3v) is 4.16. The summed E-state index contributed by atoms with van der Waals surface area (Å²) in [6.45, 7) is 1.30. The molecule has 1 aromatic heterocycles. The number of anilines is 1. The maximum Gasteiger partial charge on any atom is 0.200 e. The lowest BCUT2D eigenvalue weighted by Gasteiger charge is -2.17. The van der Waals surface area contributed by atoms with Gasteiger partial charge in [0.1, 0.15) is 5.58 Å². The molecule has 1 unspecified atom stereocenters. The molecule has 0 spiro atoms. The second-order valence-corrected chi connectivity index (χ2v) is 5.62. The maximum atomic E-state index is 13.9. The predicted octanol–water partition coefficient (Wildman–Crippen LogP) is 2.66. The van der Waals surface area contributed by atoms with Crippen LogP contribution in [0.2, 0.25) is 0 Å². The lowest BCUT2D eigenvalue weighted by molar-refractivity contribution is 0.198. The third kappa shape index (κ3) is 1.97. The third-order valence-electron chi connectivity index (χ3n) is 4.16. The van der Waals surface area contributed by atoms with Crippen LogP contribution < -0.4 is 10.3 Å². The minimum Gasteiger partial charge on any atom is -0.453 e. The minimum absolute atomic E-state index is 0.0152. The van der Waals surface area contributed by atoms with Crippen molar-refractivity contribution < 1.29 is 13.9 Å². The standard InChI is InChI=1S/C17H14FNO3/c18-14-3-1-2-13-16(21)12-5-4-10(8-15(12)22-17(13)14)19-7-6-11(20)9-19/h1-5,8,11,20H,6-7,9H2. The molecule has 0 bridgehead atoms. The molecule has 1 N–H and O–H groups in total. The second-order valence-electron chi connectivity index (χ2n) is 5.62. The highest BCUT2D eigenvalue weighted by atomic mass is 19.1. The van der Waals surface area contributed by atoms with Crippen LogP contribution in [0.4, 0.5) is 10.1 Å². The molecule has 1 atom stereocenters. The summed E-state index contributed by atoms with van der Waals surface area (Å²) < 4.78 is 19.5. The topological polar surface area (TPSA) is 53.7 Å². The van der Waals surface area contributed by atoms with Crippen molar-refractivity contribution in [3.8, 4) is 0 Å². The zero-order valence-corrected chi connectivity index (χ0v) is 11.8. The molecule has 1 saturated heterocycles. The quantitative estimate of drug-likeness (QED) is 0.702. The number of rotatable bonds is 1. The van der Waals surface area contributed by atoms with E-state index in [4.69, 9.17) is 4.42 Å². The van der Waals surface area contributed by atoms with E-state index >= 15 is 0 Å². The Hall–Kier alpha value is -2.40. The molecular formula is C17H14FNO3. The molecule has 112 valence electrons. The van der Waals surface area contributed by atoms with E-state index in [-0.39, 0.29) is 22.5 Å². The summed E-state index contributed by atoms with van der Waals surface area (Å²) in [7, 11) is 0. The van der Waals surface area contributed by atoms with E-state index in [2.05, 4.69) is 0 Å². The van der Waals surface area contributed by atoms with Crippen molar-refractivity contribution in [2.75, 3.05) is 18.0 Å². The summed E-state index contributed by atoms with van der Waals surface area (Å²) in [4.78, 5) is 14.5. The summed E-state index contributed by atoms with van der Waals surface area (Å²) in [5, 5.41) is 10.3. The molecule has 3 aromatic rings. The van der Waals surface area contributed by atoms with Crippen molar-refractivity contribution in [3.05, 3.63) is 52.4 Å². The van der Waals surface area contributed by atoms with Crippen molar-refractivity contribution in [2.24, 2.45) is 0 Å². The number of nitrogens with zero attached hydrogens (tertiary/aromatic N) is 1. The van der Waals surface area contributed by atoms with Crippen LogP contribution in [0, 0.1) is 5.82 Å². The van der Waals surface area contributed by atoms with Gasteiger partial charge in [-0.05, 0) is 30.7 Å². The second kappa shape index (κ2) is 4.81. The number of β-amino-alcohol motifs (C(OH)–C–C–N with tert-alkyl or cyclic N) is 1. The molecule has 4 rings (SSSR count). The highest BCUT2D eigenvalue weighted by Crippen LogP contribution is 2.27. The number of hydrogen-bond donors (Lipinski definition) is 1. The van der Waals surface area contributed by atoms with Gasteiger partial charge in [0.15, 0.2) is 11.4 Å². The van der Waals surface area contributed by atoms with Crippen LogP contribution in [0.3, 0.4) is 0 Å². The molecule has 0 radical (unpaired) electrons. The van der Waals surface area contributed by atoms with Crippen molar-refractivity contribution in [2.45, 2.75) is 12.5 Å². The lowest BCUT2D eigenvalue weighted by Crippen LogP contribution is -2.21. The number of aliphatic hydroxyl groups excluding tert-OH is 1. The number of hydrogen-bond acceptors (Lipinski definition) is 4. The van der Waals surface area contributed by atoms with Gasteiger partial charge in [0, 0.05) is 24.8 Å². The zero-order valence-electron chi connectivity index (χ0n) is 11.8. The van der Waals surface area contributed by atoms with Crippen molar-refractivity contribution in [1.82, 2.24) is 0 Å². The summed E-state index contributed by atoms with van der Waals surface area (Å²) in [6, 6.07) is 9.61. The van der Waals surface area contributed by atoms with Crippen LogP contribution in [0.15, 0.2) is 45.6 Å². The number of para-hydroxylation sites is 1. The average Bonchev–Trinajstić information content (AvgIpc) is 2.95. The maximum absolute atomic E-state index is 13.9. The number of benzene rings is 2. The first kappa shape index (κ1) is 13.3. The Balaban J connectivity index is 1.94. The molecule has 2 aromatic carbocycles. The van der Waals surface area contributed by atoms with Gasteiger partial charge >= 0.3 is 0 Å². The number of fused-ring (bicyclic) bond motifs is 2. The van der Waals surface area contributed by atoms with Crippen LogP contribution >= 0.6 is 0 Å². The first-order valence-corrected chi connectivity index (χ1v) is 7.21. The van der Waals surface area contributed by atoms with E-state index in [9.17, 15) is 14.3 Å². The van der Waals surface area contributed by atoms with Crippen LogP contribution in [0.1, 0.15) is 6.42 Å². The van der Waals surface area contributed by atoms with Gasteiger partial charge in [-0.3, -0.25) is 4.79 Å². The fraction of sp³-hybridized carbons (Fsp3) is 0.235. The van der Waals surface area contributed by atoms with E-state index in [0.29, 0.717) is 23.9 Å². The van der Waals surface area contributed by atoms with Gasteiger partial charge in [0.25, 0.3) is 0 Å². The lowest BCUT2D eigenvalue weighted by atomic mass is 10.1. The van der Waals surface area contributed by atoms with Gasteiger partial charge in [0.2, 0.25) is 5.43 Å². The molecule has 0 amide bonds. The van der Waals surface area contributed by atoms with Gasteiger partial charge < -0.3 is 14.4 Å². The molecule has 1 fully saturated rings. The van der Waals surface area contributed by atoms with Crippen molar-refractivity contribution in [1.29, 1.82) is 0 Å². The van der Waals surface area contributed by atoms with Crippen molar-refractivity contribution >= 4 is 27.6 Å². The first-order valence-electron chi connectivity index (χ1n) is 7.21. The molecule has 22 heavy (non-hydrogen) atoms. The molecule has 0 aliphatic carbocycles.